The van der Waals surface area contributed by atoms with E-state index in [2.05, 4.69) is 17.2 Å². The van der Waals surface area contributed by atoms with Crippen molar-refractivity contribution >= 4 is 17.7 Å². The first-order valence-electron chi connectivity index (χ1n) is 5.88. The molecule has 1 fully saturated rings. The number of carbonyl (C=O) groups excluding carboxylic acids is 1. The lowest BCUT2D eigenvalue weighted by atomic mass is 10.1. The zero-order valence-electron chi connectivity index (χ0n) is 9.98. The summed E-state index contributed by atoms with van der Waals surface area (Å²) in [5, 5.41) is 11.7. The van der Waals surface area contributed by atoms with Crippen LogP contribution in [0.4, 0.5) is 0 Å². The molecule has 0 radical (unpaired) electrons. The van der Waals surface area contributed by atoms with E-state index in [1.165, 1.54) is 0 Å². The molecule has 1 aromatic carbocycles. The molecule has 0 spiro atoms. The summed E-state index contributed by atoms with van der Waals surface area (Å²) in [4.78, 5) is 12.1. The van der Waals surface area contributed by atoms with Gasteiger partial charge in [0, 0.05) is 17.4 Å². The number of nitrogens with one attached hydrogen (secondary N) is 1. The van der Waals surface area contributed by atoms with Crippen LogP contribution < -0.4 is 5.32 Å². The lowest BCUT2D eigenvalue weighted by Crippen LogP contribution is -2.34. The molecule has 0 aromatic heterocycles. The van der Waals surface area contributed by atoms with Gasteiger partial charge >= 0.3 is 0 Å². The molecule has 1 atom stereocenters. The first-order chi connectivity index (χ1) is 8.81. The van der Waals surface area contributed by atoms with E-state index in [9.17, 15) is 4.79 Å². The zero-order valence-corrected chi connectivity index (χ0v) is 10.8. The van der Waals surface area contributed by atoms with Crippen molar-refractivity contribution in [1.82, 2.24) is 5.32 Å². The Morgan fingerprint density at radius 2 is 2.33 bits per heavy atom. The molecule has 1 amide bonds. The van der Waals surface area contributed by atoms with Gasteiger partial charge in [-0.15, -0.1) is 0 Å². The molecule has 0 saturated carbocycles. The maximum atomic E-state index is 12.1. The van der Waals surface area contributed by atoms with E-state index in [0.717, 1.165) is 17.9 Å². The van der Waals surface area contributed by atoms with Crippen LogP contribution in [-0.4, -0.2) is 35.2 Å². The lowest BCUT2D eigenvalue weighted by molar-refractivity contribution is 0.0941. The van der Waals surface area contributed by atoms with Crippen LogP contribution in [0.1, 0.15) is 22.3 Å². The van der Waals surface area contributed by atoms with Gasteiger partial charge in [0.15, 0.2) is 0 Å². The summed E-state index contributed by atoms with van der Waals surface area (Å²) in [6, 6.07) is 7.48. The number of benzene rings is 1. The summed E-state index contributed by atoms with van der Waals surface area (Å²) in [5.41, 5.74) is 1.24. The van der Waals surface area contributed by atoms with Crippen molar-refractivity contribution in [2.75, 3.05) is 18.1 Å². The summed E-state index contributed by atoms with van der Waals surface area (Å²) in [6.07, 6.45) is 1.03. The zero-order chi connectivity index (χ0) is 12.8. The number of hydrogen-bond donors (Lipinski definition) is 2. The van der Waals surface area contributed by atoms with Gasteiger partial charge in [-0.2, -0.15) is 11.8 Å². The first kappa shape index (κ1) is 13.0. The van der Waals surface area contributed by atoms with Crippen LogP contribution in [-0.2, 0) is 0 Å². The molecule has 1 aliphatic rings. The van der Waals surface area contributed by atoms with E-state index in [0.29, 0.717) is 11.1 Å². The van der Waals surface area contributed by atoms with Crippen LogP contribution >= 0.6 is 11.8 Å². The fraction of sp³-hybridized carbons (Fsp3) is 0.357. The van der Waals surface area contributed by atoms with Crippen molar-refractivity contribution in [2.45, 2.75) is 12.5 Å². The minimum absolute atomic E-state index is 0.0784. The predicted octanol–water partition coefficient (Wildman–Crippen LogP) is 1.27. The van der Waals surface area contributed by atoms with Gasteiger partial charge in [-0.25, -0.2) is 0 Å². The smallest absolute Gasteiger partial charge is 0.252 e. The molecular formula is C14H15NO2S. The van der Waals surface area contributed by atoms with Crippen LogP contribution in [0.5, 0.6) is 0 Å². The van der Waals surface area contributed by atoms with Gasteiger partial charge in [0.1, 0.15) is 6.61 Å². The Morgan fingerprint density at radius 3 is 3.06 bits per heavy atom. The van der Waals surface area contributed by atoms with Crippen molar-refractivity contribution in [3.05, 3.63) is 35.4 Å². The van der Waals surface area contributed by atoms with Gasteiger partial charge in [0.25, 0.3) is 5.91 Å². The fourth-order valence-corrected chi connectivity index (χ4v) is 2.99. The first-order valence-corrected chi connectivity index (χ1v) is 7.04. The van der Waals surface area contributed by atoms with Crippen molar-refractivity contribution < 1.29 is 9.90 Å². The highest BCUT2D eigenvalue weighted by atomic mass is 32.2. The third-order valence-electron chi connectivity index (χ3n) is 2.74. The highest BCUT2D eigenvalue weighted by molar-refractivity contribution is 7.99. The average Bonchev–Trinajstić information content (AvgIpc) is 2.89. The monoisotopic (exact) mass is 261 g/mol. The van der Waals surface area contributed by atoms with Gasteiger partial charge in [-0.05, 0) is 24.3 Å². The van der Waals surface area contributed by atoms with Gasteiger partial charge in [-0.3, -0.25) is 4.79 Å². The summed E-state index contributed by atoms with van der Waals surface area (Å²) < 4.78 is 0. The summed E-state index contributed by atoms with van der Waals surface area (Å²) in [7, 11) is 0. The van der Waals surface area contributed by atoms with Crippen LogP contribution in [0.2, 0.25) is 0 Å². The lowest BCUT2D eigenvalue weighted by Gasteiger charge is -2.12. The van der Waals surface area contributed by atoms with Gasteiger partial charge in [-0.1, -0.05) is 24.0 Å². The van der Waals surface area contributed by atoms with Crippen LogP contribution in [0.3, 0.4) is 0 Å². The second-order valence-electron chi connectivity index (χ2n) is 4.04. The molecule has 94 valence electrons. The molecule has 3 nitrogen and oxygen atoms in total. The average molecular weight is 261 g/mol. The summed E-state index contributed by atoms with van der Waals surface area (Å²) in [5.74, 6) is 7.39. The van der Waals surface area contributed by atoms with Crippen LogP contribution in [0.25, 0.3) is 0 Å². The van der Waals surface area contributed by atoms with Crippen molar-refractivity contribution in [2.24, 2.45) is 0 Å². The predicted molar refractivity (Wildman–Crippen MR) is 73.6 cm³/mol. The number of amides is 1. The Balaban J connectivity index is 2.13. The quantitative estimate of drug-likeness (QED) is 0.788. The standard InChI is InChI=1S/C14H15NO2S/c16-8-3-5-11-4-1-2-6-13(11)14(17)15-12-7-9-18-10-12/h1-2,4,6,12,16H,7-10H2,(H,15,17). The fourth-order valence-electron chi connectivity index (χ4n) is 1.84. The second kappa shape index (κ2) is 6.48. The molecule has 1 heterocycles. The largest absolute Gasteiger partial charge is 0.384 e. The molecule has 18 heavy (non-hydrogen) atoms. The SMILES string of the molecule is O=C(NC1CCSC1)c1ccccc1C#CCO. The third-order valence-corrected chi connectivity index (χ3v) is 3.90. The molecule has 2 N–H and O–H groups in total. The van der Waals surface area contributed by atoms with E-state index in [-0.39, 0.29) is 18.6 Å². The van der Waals surface area contributed by atoms with E-state index in [4.69, 9.17) is 5.11 Å². The Labute approximate surface area is 111 Å². The van der Waals surface area contributed by atoms with Crippen molar-refractivity contribution in [3.8, 4) is 11.8 Å². The Morgan fingerprint density at radius 1 is 1.50 bits per heavy atom. The van der Waals surface area contributed by atoms with Crippen molar-refractivity contribution in [1.29, 1.82) is 0 Å². The maximum Gasteiger partial charge on any atom is 0.252 e. The number of rotatable bonds is 2. The van der Waals surface area contributed by atoms with E-state index >= 15 is 0 Å². The minimum atomic E-state index is -0.199. The maximum absolute atomic E-state index is 12.1. The number of hydrogen-bond acceptors (Lipinski definition) is 3. The topological polar surface area (TPSA) is 49.3 Å². The summed E-state index contributed by atoms with van der Waals surface area (Å²) in [6.45, 7) is -0.199. The minimum Gasteiger partial charge on any atom is -0.384 e. The molecule has 1 unspecified atom stereocenters. The van der Waals surface area contributed by atoms with Gasteiger partial charge in [0.2, 0.25) is 0 Å². The molecule has 4 heteroatoms. The van der Waals surface area contributed by atoms with E-state index in [1.54, 1.807) is 12.1 Å². The highest BCUT2D eigenvalue weighted by Gasteiger charge is 2.19. The van der Waals surface area contributed by atoms with E-state index in [1.807, 2.05) is 23.9 Å². The number of carbonyl (C=O) groups is 1. The number of aliphatic hydroxyl groups excluding tert-OH is 1. The van der Waals surface area contributed by atoms with Crippen LogP contribution in [0.15, 0.2) is 24.3 Å². The molecule has 1 aliphatic heterocycles. The van der Waals surface area contributed by atoms with Gasteiger partial charge in [0.05, 0.1) is 5.56 Å². The van der Waals surface area contributed by atoms with Crippen LogP contribution in [0, 0.1) is 11.8 Å². The number of thioether (sulfide) groups is 1. The Hall–Kier alpha value is -1.44. The highest BCUT2D eigenvalue weighted by Crippen LogP contribution is 2.18. The molecule has 0 bridgehead atoms. The second-order valence-corrected chi connectivity index (χ2v) is 5.19. The van der Waals surface area contributed by atoms with Gasteiger partial charge < -0.3 is 10.4 Å². The Kier molecular flexibility index (Phi) is 4.68. The molecular weight excluding hydrogens is 246 g/mol. The third kappa shape index (κ3) is 3.28. The van der Waals surface area contributed by atoms with Crippen molar-refractivity contribution in [3.63, 3.8) is 0 Å². The number of aliphatic hydroxyl groups is 1. The molecule has 1 saturated heterocycles. The molecule has 0 aliphatic carbocycles. The van der Waals surface area contributed by atoms with E-state index < -0.39 is 0 Å². The summed E-state index contributed by atoms with van der Waals surface area (Å²) >= 11 is 1.86. The molecule has 1 aromatic rings. The normalized spacial score (nSPS) is 17.9. The molecule has 2 rings (SSSR count). The Bertz CT molecular complexity index is 484.